The molecule has 1 aliphatic rings. The first-order valence-corrected chi connectivity index (χ1v) is 9.97. The predicted octanol–water partition coefficient (Wildman–Crippen LogP) is 5.10. The SMILES string of the molecule is Cc1cc(C)c(C2(C)CC(C(=NNC(N)=O)c3cc4ccccc4o3)C2)c(C)c1. The second-order valence-electron chi connectivity index (χ2n) is 8.56. The van der Waals surface area contributed by atoms with E-state index in [9.17, 15) is 4.79 Å². The fourth-order valence-electron chi connectivity index (χ4n) is 5.13. The van der Waals surface area contributed by atoms with Crippen molar-refractivity contribution >= 4 is 22.7 Å². The van der Waals surface area contributed by atoms with Crippen LogP contribution in [0.2, 0.25) is 0 Å². The van der Waals surface area contributed by atoms with Gasteiger partial charge in [-0.05, 0) is 67.9 Å². The molecule has 0 unspecified atom stereocenters. The molecule has 0 bridgehead atoms. The summed E-state index contributed by atoms with van der Waals surface area (Å²) in [6.07, 6.45) is 1.88. The molecule has 3 N–H and O–H groups in total. The Morgan fingerprint density at radius 1 is 1.14 bits per heavy atom. The van der Waals surface area contributed by atoms with E-state index in [4.69, 9.17) is 10.2 Å². The lowest BCUT2D eigenvalue weighted by atomic mass is 9.57. The fourth-order valence-corrected chi connectivity index (χ4v) is 5.13. The molecule has 0 atom stereocenters. The molecular formula is C24H27N3O2. The number of primary amides is 1. The van der Waals surface area contributed by atoms with Crippen molar-refractivity contribution in [3.05, 3.63) is 70.5 Å². The molecule has 0 aliphatic heterocycles. The summed E-state index contributed by atoms with van der Waals surface area (Å²) in [5, 5.41) is 5.34. The van der Waals surface area contributed by atoms with Crippen LogP contribution in [0.25, 0.3) is 11.0 Å². The van der Waals surface area contributed by atoms with E-state index in [1.807, 2.05) is 30.3 Å². The van der Waals surface area contributed by atoms with Gasteiger partial charge in [0.1, 0.15) is 11.3 Å². The number of amides is 2. The Morgan fingerprint density at radius 2 is 1.79 bits per heavy atom. The number of rotatable bonds is 4. The highest BCUT2D eigenvalue weighted by molar-refractivity contribution is 6.04. The van der Waals surface area contributed by atoms with Gasteiger partial charge in [-0.1, -0.05) is 42.8 Å². The second kappa shape index (κ2) is 7.07. The first-order valence-electron chi connectivity index (χ1n) is 9.97. The molecule has 5 heteroatoms. The van der Waals surface area contributed by atoms with E-state index in [0.717, 1.165) is 29.5 Å². The number of carbonyl (C=O) groups is 1. The lowest BCUT2D eigenvalue weighted by Crippen LogP contribution is -2.44. The fraction of sp³-hybridized carbons (Fsp3) is 0.333. The van der Waals surface area contributed by atoms with Crippen molar-refractivity contribution in [3.8, 4) is 0 Å². The Morgan fingerprint density at radius 3 is 2.41 bits per heavy atom. The van der Waals surface area contributed by atoms with E-state index in [-0.39, 0.29) is 11.3 Å². The average Bonchev–Trinajstić information content (AvgIpc) is 3.03. The minimum absolute atomic E-state index is 0.0754. The van der Waals surface area contributed by atoms with E-state index < -0.39 is 6.03 Å². The Kier molecular flexibility index (Phi) is 4.69. The highest BCUT2D eigenvalue weighted by Gasteiger charge is 2.46. The smallest absolute Gasteiger partial charge is 0.332 e. The number of aryl methyl sites for hydroxylation is 3. The third kappa shape index (κ3) is 3.53. The topological polar surface area (TPSA) is 80.6 Å². The first-order chi connectivity index (χ1) is 13.8. The van der Waals surface area contributed by atoms with Crippen LogP contribution in [0.15, 0.2) is 52.0 Å². The maximum atomic E-state index is 11.3. The van der Waals surface area contributed by atoms with Gasteiger partial charge in [0.2, 0.25) is 0 Å². The summed E-state index contributed by atoms with van der Waals surface area (Å²) in [5.41, 5.74) is 14.7. The minimum Gasteiger partial charge on any atom is -0.455 e. The quantitative estimate of drug-likeness (QED) is 0.481. The Balaban J connectivity index is 1.66. The standard InChI is InChI=1S/C24H27N3O2/c1-14-9-15(2)21(16(3)10-14)24(4)12-18(13-24)22(26-27-23(25)28)20-11-17-7-5-6-8-19(17)29-20/h5-11,18H,12-13H2,1-4H3,(H3,25,27,28). The van der Waals surface area contributed by atoms with Crippen LogP contribution in [0.3, 0.4) is 0 Å². The van der Waals surface area contributed by atoms with E-state index in [1.54, 1.807) is 0 Å². The molecule has 0 radical (unpaired) electrons. The summed E-state index contributed by atoms with van der Waals surface area (Å²) in [4.78, 5) is 11.3. The number of hydrogen-bond donors (Lipinski definition) is 2. The Labute approximate surface area is 171 Å². The average molecular weight is 389 g/mol. The van der Waals surface area contributed by atoms with Crippen molar-refractivity contribution in [1.82, 2.24) is 5.43 Å². The van der Waals surface area contributed by atoms with E-state index in [0.29, 0.717) is 5.76 Å². The largest absolute Gasteiger partial charge is 0.455 e. The number of furan rings is 1. The van der Waals surface area contributed by atoms with Crippen LogP contribution in [0, 0.1) is 26.7 Å². The zero-order valence-corrected chi connectivity index (χ0v) is 17.4. The molecule has 0 saturated heterocycles. The predicted molar refractivity (Wildman–Crippen MR) is 116 cm³/mol. The van der Waals surface area contributed by atoms with Crippen molar-refractivity contribution in [3.63, 3.8) is 0 Å². The summed E-state index contributed by atoms with van der Waals surface area (Å²) in [5.74, 6) is 0.872. The molecule has 2 aromatic carbocycles. The third-order valence-corrected chi connectivity index (χ3v) is 6.03. The maximum Gasteiger partial charge on any atom is 0.332 e. The number of urea groups is 1. The number of hydrazone groups is 1. The van der Waals surface area contributed by atoms with Gasteiger partial charge >= 0.3 is 6.03 Å². The summed E-state index contributed by atoms with van der Waals surface area (Å²) >= 11 is 0. The van der Waals surface area contributed by atoms with E-state index in [2.05, 4.69) is 50.4 Å². The Hall–Kier alpha value is -3.08. The molecule has 5 nitrogen and oxygen atoms in total. The van der Waals surface area contributed by atoms with Gasteiger partial charge in [0.25, 0.3) is 0 Å². The molecule has 1 fully saturated rings. The summed E-state index contributed by atoms with van der Waals surface area (Å²) in [7, 11) is 0. The van der Waals surface area contributed by atoms with Crippen molar-refractivity contribution in [2.45, 2.75) is 46.0 Å². The number of fused-ring (bicyclic) bond motifs is 1. The first kappa shape index (κ1) is 19.2. The maximum absolute atomic E-state index is 11.3. The van der Waals surface area contributed by atoms with Gasteiger partial charge < -0.3 is 10.2 Å². The monoisotopic (exact) mass is 389 g/mol. The molecule has 2 amide bonds. The van der Waals surface area contributed by atoms with E-state index in [1.165, 1.54) is 22.3 Å². The highest BCUT2D eigenvalue weighted by Crippen LogP contribution is 2.51. The molecular weight excluding hydrogens is 362 g/mol. The van der Waals surface area contributed by atoms with Crippen molar-refractivity contribution in [1.29, 1.82) is 0 Å². The molecule has 29 heavy (non-hydrogen) atoms. The van der Waals surface area contributed by atoms with Crippen LogP contribution < -0.4 is 11.2 Å². The zero-order valence-electron chi connectivity index (χ0n) is 17.4. The normalized spacial score (nSPS) is 21.8. The molecule has 3 aromatic rings. The summed E-state index contributed by atoms with van der Waals surface area (Å²) in [6, 6.07) is 13.7. The highest BCUT2D eigenvalue weighted by atomic mass is 16.3. The molecule has 150 valence electrons. The zero-order chi connectivity index (χ0) is 20.8. The number of hydrogen-bond acceptors (Lipinski definition) is 3. The number of nitrogens with one attached hydrogen (secondary N) is 1. The van der Waals surface area contributed by atoms with Crippen LogP contribution >= 0.6 is 0 Å². The third-order valence-electron chi connectivity index (χ3n) is 6.03. The van der Waals surface area contributed by atoms with Crippen LogP contribution in [0.4, 0.5) is 4.79 Å². The van der Waals surface area contributed by atoms with Crippen molar-refractivity contribution in [2.24, 2.45) is 16.8 Å². The van der Waals surface area contributed by atoms with Gasteiger partial charge in [-0.2, -0.15) is 5.10 Å². The van der Waals surface area contributed by atoms with Crippen LogP contribution in [-0.2, 0) is 5.41 Å². The minimum atomic E-state index is -0.675. The Bertz CT molecular complexity index is 1060. The van der Waals surface area contributed by atoms with E-state index >= 15 is 0 Å². The van der Waals surface area contributed by atoms with Gasteiger partial charge in [-0.3, -0.25) is 0 Å². The van der Waals surface area contributed by atoms with Crippen molar-refractivity contribution < 1.29 is 9.21 Å². The van der Waals surface area contributed by atoms with Crippen molar-refractivity contribution in [2.75, 3.05) is 0 Å². The molecule has 4 rings (SSSR count). The van der Waals surface area contributed by atoms with Gasteiger partial charge in [0.15, 0.2) is 5.76 Å². The number of nitrogens with two attached hydrogens (primary N) is 1. The molecule has 0 spiro atoms. The van der Waals surface area contributed by atoms with Crippen LogP contribution in [-0.4, -0.2) is 11.7 Å². The summed E-state index contributed by atoms with van der Waals surface area (Å²) < 4.78 is 6.03. The number of carbonyl (C=O) groups excluding carboxylic acids is 1. The molecule has 1 heterocycles. The van der Waals surface area contributed by atoms with Crippen LogP contribution in [0.1, 0.15) is 47.8 Å². The molecule has 1 aliphatic carbocycles. The lowest BCUT2D eigenvalue weighted by molar-refractivity contribution is 0.214. The van der Waals surface area contributed by atoms with Gasteiger partial charge in [-0.25, -0.2) is 10.2 Å². The summed E-state index contributed by atoms with van der Waals surface area (Å²) in [6.45, 7) is 8.83. The second-order valence-corrected chi connectivity index (χ2v) is 8.56. The number of nitrogens with zero attached hydrogens (tertiary/aromatic N) is 1. The molecule has 1 aromatic heterocycles. The van der Waals surface area contributed by atoms with Gasteiger partial charge in [0, 0.05) is 11.3 Å². The van der Waals surface area contributed by atoms with Gasteiger partial charge in [-0.15, -0.1) is 0 Å². The van der Waals surface area contributed by atoms with Crippen LogP contribution in [0.5, 0.6) is 0 Å². The van der Waals surface area contributed by atoms with Gasteiger partial charge in [0.05, 0.1) is 0 Å². The number of benzene rings is 2. The number of para-hydroxylation sites is 1. The molecule has 1 saturated carbocycles. The lowest BCUT2D eigenvalue weighted by Gasteiger charge is -2.47.